The third-order valence-electron chi connectivity index (χ3n) is 4.79. The Bertz CT molecular complexity index is 1310. The van der Waals surface area contributed by atoms with Crippen molar-refractivity contribution in [3.63, 3.8) is 0 Å². The molecule has 4 nitrogen and oxygen atoms in total. The molecule has 1 aromatic heterocycles. The van der Waals surface area contributed by atoms with Gasteiger partial charge in [0.15, 0.2) is 5.17 Å². The molecule has 2 heterocycles. The van der Waals surface area contributed by atoms with E-state index in [-0.39, 0.29) is 5.91 Å². The molecular formula is C25H17N3OS. The van der Waals surface area contributed by atoms with Crippen molar-refractivity contribution >= 4 is 45.5 Å². The second-order valence-corrected chi connectivity index (χ2v) is 7.85. The average molecular weight is 407 g/mol. The highest BCUT2D eigenvalue weighted by atomic mass is 32.2. The second kappa shape index (κ2) is 7.97. The Labute approximate surface area is 178 Å². The summed E-state index contributed by atoms with van der Waals surface area (Å²) in [5, 5.41) is 4.51. The number of fused-ring (bicyclic) bond motifs is 1. The highest BCUT2D eigenvalue weighted by Gasteiger charge is 2.24. The number of amidine groups is 1. The number of hydrogen-bond acceptors (Lipinski definition) is 4. The van der Waals surface area contributed by atoms with E-state index in [1.54, 1.807) is 6.20 Å². The molecule has 0 spiro atoms. The number of nitrogens with one attached hydrogen (secondary N) is 1. The van der Waals surface area contributed by atoms with Gasteiger partial charge in [0.2, 0.25) is 0 Å². The summed E-state index contributed by atoms with van der Waals surface area (Å²) in [5.41, 5.74) is 4.83. The van der Waals surface area contributed by atoms with Crippen LogP contribution in [0.4, 0.5) is 5.69 Å². The van der Waals surface area contributed by atoms with Gasteiger partial charge in [-0.25, -0.2) is 4.99 Å². The molecule has 1 saturated heterocycles. The molecule has 144 valence electrons. The van der Waals surface area contributed by atoms with Gasteiger partial charge in [-0.1, -0.05) is 60.7 Å². The van der Waals surface area contributed by atoms with Crippen LogP contribution in [0, 0.1) is 0 Å². The number of aliphatic imine (C=N–C) groups is 1. The number of carbonyl (C=O) groups excluding carboxylic acids is 1. The summed E-state index contributed by atoms with van der Waals surface area (Å²) in [7, 11) is 0. The minimum atomic E-state index is -0.137. The highest BCUT2D eigenvalue weighted by Crippen LogP contribution is 2.33. The molecule has 0 atom stereocenters. The molecule has 3 aromatic carbocycles. The molecule has 1 aliphatic heterocycles. The molecule has 5 heteroatoms. The van der Waals surface area contributed by atoms with E-state index < -0.39 is 0 Å². The minimum absolute atomic E-state index is 0.137. The summed E-state index contributed by atoms with van der Waals surface area (Å²) < 4.78 is 0. The van der Waals surface area contributed by atoms with Gasteiger partial charge in [-0.3, -0.25) is 9.78 Å². The minimum Gasteiger partial charge on any atom is -0.300 e. The maximum absolute atomic E-state index is 12.5. The molecule has 0 radical (unpaired) electrons. The van der Waals surface area contributed by atoms with E-state index in [2.05, 4.69) is 22.4 Å². The van der Waals surface area contributed by atoms with Gasteiger partial charge in [-0.05, 0) is 53.2 Å². The van der Waals surface area contributed by atoms with E-state index in [1.807, 2.05) is 78.9 Å². The summed E-state index contributed by atoms with van der Waals surface area (Å²) in [6.45, 7) is 0. The maximum atomic E-state index is 12.5. The van der Waals surface area contributed by atoms with Crippen LogP contribution in [0.15, 0.2) is 101 Å². The lowest BCUT2D eigenvalue weighted by Gasteiger charge is -2.06. The van der Waals surface area contributed by atoms with Crippen LogP contribution in [-0.4, -0.2) is 16.1 Å². The van der Waals surface area contributed by atoms with Crippen molar-refractivity contribution < 1.29 is 4.79 Å². The van der Waals surface area contributed by atoms with Crippen molar-refractivity contribution in [3.8, 4) is 11.1 Å². The Kier molecular flexibility index (Phi) is 4.87. The predicted octanol–water partition coefficient (Wildman–Crippen LogP) is 5.79. The SMILES string of the molecule is O=C1NC(=Nc2ccccc2-c2ccccc2)S/C1=C\c1ccc2ncccc2c1. The molecule has 4 aromatic rings. The molecule has 1 fully saturated rings. The van der Waals surface area contributed by atoms with Crippen LogP contribution in [-0.2, 0) is 4.79 Å². The topological polar surface area (TPSA) is 54.4 Å². The highest BCUT2D eigenvalue weighted by molar-refractivity contribution is 8.18. The summed E-state index contributed by atoms with van der Waals surface area (Å²) >= 11 is 1.35. The van der Waals surface area contributed by atoms with Gasteiger partial charge in [0, 0.05) is 17.1 Å². The molecule has 1 aliphatic rings. The van der Waals surface area contributed by atoms with Gasteiger partial charge in [0.1, 0.15) is 0 Å². The molecule has 0 saturated carbocycles. The number of carbonyl (C=O) groups is 1. The van der Waals surface area contributed by atoms with E-state index >= 15 is 0 Å². The monoisotopic (exact) mass is 407 g/mol. The average Bonchev–Trinajstić information content (AvgIpc) is 3.13. The predicted molar refractivity (Wildman–Crippen MR) is 124 cm³/mol. The Morgan fingerprint density at radius 3 is 2.63 bits per heavy atom. The Hall–Kier alpha value is -3.70. The zero-order chi connectivity index (χ0) is 20.3. The van der Waals surface area contributed by atoms with Crippen LogP contribution in [0.1, 0.15) is 5.56 Å². The quantitative estimate of drug-likeness (QED) is 0.437. The zero-order valence-electron chi connectivity index (χ0n) is 15.9. The van der Waals surface area contributed by atoms with Crippen LogP contribution >= 0.6 is 11.8 Å². The summed E-state index contributed by atoms with van der Waals surface area (Å²) in [6.07, 6.45) is 3.66. The van der Waals surface area contributed by atoms with Gasteiger partial charge in [0.05, 0.1) is 16.1 Å². The molecule has 30 heavy (non-hydrogen) atoms. The Morgan fingerprint density at radius 2 is 1.73 bits per heavy atom. The fourth-order valence-electron chi connectivity index (χ4n) is 3.36. The number of hydrogen-bond donors (Lipinski definition) is 1. The first-order valence-corrected chi connectivity index (χ1v) is 10.4. The number of benzene rings is 3. The van der Waals surface area contributed by atoms with Crippen molar-refractivity contribution in [1.29, 1.82) is 0 Å². The summed E-state index contributed by atoms with van der Waals surface area (Å²) in [5.74, 6) is -0.137. The van der Waals surface area contributed by atoms with Gasteiger partial charge >= 0.3 is 0 Å². The molecule has 5 rings (SSSR count). The third-order valence-corrected chi connectivity index (χ3v) is 5.70. The molecule has 0 unspecified atom stereocenters. The molecule has 0 bridgehead atoms. The van der Waals surface area contributed by atoms with E-state index in [1.165, 1.54) is 11.8 Å². The van der Waals surface area contributed by atoms with E-state index in [9.17, 15) is 4.79 Å². The van der Waals surface area contributed by atoms with Gasteiger partial charge in [-0.2, -0.15) is 0 Å². The lowest BCUT2D eigenvalue weighted by Crippen LogP contribution is -2.19. The number of rotatable bonds is 3. The van der Waals surface area contributed by atoms with Crippen molar-refractivity contribution in [1.82, 2.24) is 10.3 Å². The lowest BCUT2D eigenvalue weighted by molar-refractivity contribution is -0.115. The normalized spacial score (nSPS) is 16.3. The second-order valence-electron chi connectivity index (χ2n) is 6.82. The molecule has 1 amide bonds. The fraction of sp³-hybridized carbons (Fsp3) is 0. The number of thioether (sulfide) groups is 1. The molecular weight excluding hydrogens is 390 g/mol. The van der Waals surface area contributed by atoms with E-state index in [0.717, 1.165) is 33.3 Å². The third kappa shape index (κ3) is 3.75. The first kappa shape index (κ1) is 18.3. The first-order chi connectivity index (χ1) is 14.8. The van der Waals surface area contributed by atoms with Crippen LogP contribution in [0.5, 0.6) is 0 Å². The van der Waals surface area contributed by atoms with Crippen molar-refractivity contribution in [2.24, 2.45) is 4.99 Å². The Morgan fingerprint density at radius 1 is 0.900 bits per heavy atom. The van der Waals surface area contributed by atoms with Gasteiger partial charge in [0.25, 0.3) is 5.91 Å². The fourth-order valence-corrected chi connectivity index (χ4v) is 4.19. The largest absolute Gasteiger partial charge is 0.300 e. The van der Waals surface area contributed by atoms with Gasteiger partial charge in [-0.15, -0.1) is 0 Å². The lowest BCUT2D eigenvalue weighted by atomic mass is 10.0. The zero-order valence-corrected chi connectivity index (χ0v) is 16.8. The number of amides is 1. The van der Waals surface area contributed by atoms with Crippen LogP contribution in [0.3, 0.4) is 0 Å². The molecule has 0 aliphatic carbocycles. The van der Waals surface area contributed by atoms with Crippen molar-refractivity contribution in [2.45, 2.75) is 0 Å². The standard InChI is InChI=1S/C25H17N3OS/c29-24-23(16-17-12-13-21-19(15-17)9-6-14-26-21)30-25(28-24)27-22-11-5-4-10-20(22)18-7-2-1-3-8-18/h1-16H,(H,27,28,29)/b23-16-. The molecule has 1 N–H and O–H groups in total. The van der Waals surface area contributed by atoms with Crippen LogP contribution in [0.2, 0.25) is 0 Å². The van der Waals surface area contributed by atoms with Gasteiger partial charge < -0.3 is 5.32 Å². The van der Waals surface area contributed by atoms with Crippen LogP contribution in [0.25, 0.3) is 28.1 Å². The van der Waals surface area contributed by atoms with Crippen molar-refractivity contribution in [2.75, 3.05) is 0 Å². The first-order valence-electron chi connectivity index (χ1n) is 9.55. The van der Waals surface area contributed by atoms with Crippen LogP contribution < -0.4 is 5.32 Å². The number of para-hydroxylation sites is 1. The number of nitrogens with zero attached hydrogens (tertiary/aromatic N) is 2. The smallest absolute Gasteiger partial charge is 0.264 e. The Balaban J connectivity index is 1.45. The van der Waals surface area contributed by atoms with Crippen molar-refractivity contribution in [3.05, 3.63) is 102 Å². The van der Waals surface area contributed by atoms with E-state index in [4.69, 9.17) is 4.99 Å². The number of pyridine rings is 1. The summed E-state index contributed by atoms with van der Waals surface area (Å²) in [6, 6.07) is 27.9. The van der Waals surface area contributed by atoms with E-state index in [0.29, 0.717) is 10.1 Å². The maximum Gasteiger partial charge on any atom is 0.264 e. The number of aromatic nitrogens is 1. The summed E-state index contributed by atoms with van der Waals surface area (Å²) in [4.78, 5) is 22.2.